The number of nitrogen functional groups attached to an aromatic ring is 2. The molecule has 3 aromatic rings. The van der Waals surface area contributed by atoms with Crippen molar-refractivity contribution in [3.8, 4) is 0 Å². The second-order valence-corrected chi connectivity index (χ2v) is 7.32. The van der Waals surface area contributed by atoms with Gasteiger partial charge in [-0.1, -0.05) is 0 Å². The summed E-state index contributed by atoms with van der Waals surface area (Å²) in [5.41, 5.74) is 13.6. The molecule has 13 nitrogen and oxygen atoms in total. The van der Waals surface area contributed by atoms with Crippen LogP contribution in [0.2, 0.25) is 0 Å². The van der Waals surface area contributed by atoms with E-state index in [9.17, 15) is 19.5 Å². The Morgan fingerprint density at radius 2 is 1.85 bits per heavy atom. The molecule has 2 heterocycles. The van der Waals surface area contributed by atoms with Crippen molar-refractivity contribution in [1.29, 1.82) is 0 Å². The number of esters is 1. The molecule has 1 aromatic carbocycles. The van der Waals surface area contributed by atoms with Crippen molar-refractivity contribution in [2.45, 2.75) is 25.4 Å². The van der Waals surface area contributed by atoms with Crippen LogP contribution < -0.4 is 16.8 Å². The summed E-state index contributed by atoms with van der Waals surface area (Å²) in [6.45, 7) is 0.314. The van der Waals surface area contributed by atoms with Crippen LogP contribution in [0.4, 0.5) is 17.5 Å². The standard InChI is InChI=1S/C21H24N8O5/c1-29(14(20(32)33)7-8-15(30)34-2)19(31)11-3-5-12(6-4-11)24-9-13-10-25-18-16(26-13)17(22)27-21(23)28-18/h3-6,10,14,24H,7-9H2,1-2H3,(H,32,33)(H4,22,23,25,27,28)/t14-/m0/s1. The SMILES string of the molecule is COC(=O)CC[C@@H](C(=O)O)N(C)C(=O)c1ccc(NCc2cnc3nc(N)nc(N)c3n2)cc1. The van der Waals surface area contributed by atoms with Gasteiger partial charge in [0, 0.05) is 24.7 Å². The van der Waals surface area contributed by atoms with Crippen molar-refractivity contribution in [2.75, 3.05) is 30.9 Å². The Labute approximate surface area is 194 Å². The minimum atomic E-state index is -1.21. The van der Waals surface area contributed by atoms with E-state index in [0.717, 1.165) is 4.90 Å². The number of carboxylic acids is 1. The average molecular weight is 468 g/mol. The van der Waals surface area contributed by atoms with Gasteiger partial charge in [0.25, 0.3) is 5.91 Å². The molecule has 2 aromatic heterocycles. The minimum Gasteiger partial charge on any atom is -0.480 e. The quantitative estimate of drug-likeness (QED) is 0.320. The molecule has 0 aliphatic carbocycles. The van der Waals surface area contributed by atoms with E-state index in [0.29, 0.717) is 34.7 Å². The summed E-state index contributed by atoms with van der Waals surface area (Å²) < 4.78 is 4.54. The van der Waals surface area contributed by atoms with Crippen LogP contribution in [-0.2, 0) is 20.9 Å². The lowest BCUT2D eigenvalue weighted by Gasteiger charge is -2.24. The number of carbonyl (C=O) groups is 3. The number of ether oxygens (including phenoxy) is 1. The number of nitrogens with one attached hydrogen (secondary N) is 1. The molecule has 0 saturated heterocycles. The number of carboxylic acid groups (broad SMARTS) is 1. The first-order valence-corrected chi connectivity index (χ1v) is 10.1. The molecule has 3 rings (SSSR count). The molecule has 0 aliphatic rings. The third-order valence-electron chi connectivity index (χ3n) is 5.03. The Morgan fingerprint density at radius 1 is 1.15 bits per heavy atom. The number of aromatic nitrogens is 4. The van der Waals surface area contributed by atoms with Gasteiger partial charge in [0.15, 0.2) is 17.0 Å². The van der Waals surface area contributed by atoms with Gasteiger partial charge in [0.1, 0.15) is 6.04 Å². The number of amides is 1. The fraction of sp³-hybridized carbons (Fsp3) is 0.286. The van der Waals surface area contributed by atoms with Gasteiger partial charge in [-0.15, -0.1) is 0 Å². The number of likely N-dealkylation sites (N-methyl/N-ethyl adjacent to an activating group) is 1. The number of hydrogen-bond acceptors (Lipinski definition) is 11. The molecule has 0 radical (unpaired) electrons. The predicted molar refractivity (Wildman–Crippen MR) is 122 cm³/mol. The van der Waals surface area contributed by atoms with E-state index in [2.05, 4.69) is 30.0 Å². The molecule has 1 atom stereocenters. The van der Waals surface area contributed by atoms with E-state index in [-0.39, 0.29) is 24.6 Å². The zero-order chi connectivity index (χ0) is 24.8. The summed E-state index contributed by atoms with van der Waals surface area (Å²) in [4.78, 5) is 53.2. The average Bonchev–Trinajstić information content (AvgIpc) is 2.82. The number of aliphatic carboxylic acids is 1. The first-order chi connectivity index (χ1) is 16.2. The van der Waals surface area contributed by atoms with Crippen LogP contribution >= 0.6 is 0 Å². The number of nitrogens with two attached hydrogens (primary N) is 2. The third kappa shape index (κ3) is 5.62. The normalized spacial score (nSPS) is 11.6. The molecule has 0 bridgehead atoms. The van der Waals surface area contributed by atoms with Crippen LogP contribution in [0.3, 0.4) is 0 Å². The Balaban J connectivity index is 1.65. The fourth-order valence-electron chi connectivity index (χ4n) is 3.18. The van der Waals surface area contributed by atoms with E-state index in [1.165, 1.54) is 20.4 Å². The zero-order valence-electron chi connectivity index (χ0n) is 18.6. The number of methoxy groups -OCH3 is 1. The highest BCUT2D eigenvalue weighted by Crippen LogP contribution is 2.17. The number of rotatable bonds is 9. The number of anilines is 3. The second kappa shape index (κ2) is 10.4. The van der Waals surface area contributed by atoms with Crippen LogP contribution in [0, 0.1) is 0 Å². The van der Waals surface area contributed by atoms with Crippen LogP contribution in [-0.4, -0.2) is 68.0 Å². The molecule has 0 fully saturated rings. The molecular formula is C21H24N8O5. The molecule has 178 valence electrons. The Hall–Kier alpha value is -4.55. The number of hydrogen-bond donors (Lipinski definition) is 4. The topological polar surface area (TPSA) is 200 Å². The van der Waals surface area contributed by atoms with Gasteiger partial charge in [0.05, 0.1) is 25.5 Å². The van der Waals surface area contributed by atoms with Crippen LogP contribution in [0.15, 0.2) is 30.5 Å². The Bertz CT molecular complexity index is 1220. The summed E-state index contributed by atoms with van der Waals surface area (Å²) in [7, 11) is 2.60. The van der Waals surface area contributed by atoms with Gasteiger partial charge < -0.3 is 31.5 Å². The van der Waals surface area contributed by atoms with Crippen molar-refractivity contribution < 1.29 is 24.2 Å². The lowest BCUT2D eigenvalue weighted by atomic mass is 10.1. The molecule has 0 spiro atoms. The van der Waals surface area contributed by atoms with E-state index < -0.39 is 23.9 Å². The second-order valence-electron chi connectivity index (χ2n) is 7.32. The van der Waals surface area contributed by atoms with E-state index in [4.69, 9.17) is 11.5 Å². The summed E-state index contributed by atoms with van der Waals surface area (Å²) in [6, 6.07) is 5.33. The number of nitrogens with zero attached hydrogens (tertiary/aromatic N) is 5. The first-order valence-electron chi connectivity index (χ1n) is 10.1. The summed E-state index contributed by atoms with van der Waals surface area (Å²) >= 11 is 0. The summed E-state index contributed by atoms with van der Waals surface area (Å²) in [5.74, 6) is -2.08. The minimum absolute atomic E-state index is 0.0172. The van der Waals surface area contributed by atoms with Gasteiger partial charge in [0.2, 0.25) is 5.95 Å². The monoisotopic (exact) mass is 468 g/mol. The molecule has 34 heavy (non-hydrogen) atoms. The highest BCUT2D eigenvalue weighted by atomic mass is 16.5. The highest BCUT2D eigenvalue weighted by Gasteiger charge is 2.28. The van der Waals surface area contributed by atoms with Crippen molar-refractivity contribution in [2.24, 2.45) is 0 Å². The summed E-state index contributed by atoms with van der Waals surface area (Å²) in [6.07, 6.45) is 1.37. The number of carbonyl (C=O) groups excluding carboxylic acids is 2. The molecule has 0 aliphatic heterocycles. The maximum absolute atomic E-state index is 12.8. The van der Waals surface area contributed by atoms with Crippen LogP contribution in [0.1, 0.15) is 28.9 Å². The van der Waals surface area contributed by atoms with Gasteiger partial charge in [-0.2, -0.15) is 9.97 Å². The Kier molecular flexibility index (Phi) is 7.36. The number of benzene rings is 1. The predicted octanol–water partition coefficient (Wildman–Crippen LogP) is 0.675. The fourth-order valence-corrected chi connectivity index (χ4v) is 3.18. The van der Waals surface area contributed by atoms with Gasteiger partial charge >= 0.3 is 11.9 Å². The largest absolute Gasteiger partial charge is 0.480 e. The molecule has 0 unspecified atom stereocenters. The maximum atomic E-state index is 12.8. The Morgan fingerprint density at radius 3 is 2.50 bits per heavy atom. The van der Waals surface area contributed by atoms with Gasteiger partial charge in [-0.05, 0) is 30.7 Å². The zero-order valence-corrected chi connectivity index (χ0v) is 18.6. The summed E-state index contributed by atoms with van der Waals surface area (Å²) in [5, 5.41) is 12.6. The van der Waals surface area contributed by atoms with E-state index >= 15 is 0 Å². The molecule has 13 heteroatoms. The first kappa shape index (κ1) is 24.1. The highest BCUT2D eigenvalue weighted by molar-refractivity contribution is 5.96. The van der Waals surface area contributed by atoms with E-state index in [1.54, 1.807) is 24.3 Å². The maximum Gasteiger partial charge on any atom is 0.326 e. The molecule has 1 amide bonds. The number of fused-ring (bicyclic) bond motifs is 1. The van der Waals surface area contributed by atoms with Crippen molar-refractivity contribution in [1.82, 2.24) is 24.8 Å². The molecule has 6 N–H and O–H groups in total. The lowest BCUT2D eigenvalue weighted by molar-refractivity contribution is -0.144. The molecular weight excluding hydrogens is 444 g/mol. The third-order valence-corrected chi connectivity index (χ3v) is 5.03. The van der Waals surface area contributed by atoms with Gasteiger partial charge in [-0.3, -0.25) is 9.59 Å². The van der Waals surface area contributed by atoms with Crippen molar-refractivity contribution >= 4 is 46.5 Å². The van der Waals surface area contributed by atoms with Crippen molar-refractivity contribution in [3.63, 3.8) is 0 Å². The van der Waals surface area contributed by atoms with Crippen molar-refractivity contribution in [3.05, 3.63) is 41.7 Å². The smallest absolute Gasteiger partial charge is 0.326 e. The molecule has 0 saturated carbocycles. The van der Waals surface area contributed by atoms with E-state index in [1.807, 2.05) is 0 Å². The van der Waals surface area contributed by atoms with Crippen LogP contribution in [0.25, 0.3) is 11.2 Å². The van der Waals surface area contributed by atoms with Gasteiger partial charge in [-0.25, -0.2) is 14.8 Å². The lowest BCUT2D eigenvalue weighted by Crippen LogP contribution is -2.42. The van der Waals surface area contributed by atoms with Crippen LogP contribution in [0.5, 0.6) is 0 Å².